The van der Waals surface area contributed by atoms with Crippen molar-refractivity contribution in [2.45, 2.75) is 44.8 Å². The van der Waals surface area contributed by atoms with Crippen molar-refractivity contribution in [2.24, 2.45) is 0 Å². The molecule has 10 heteroatoms. The zero-order valence-corrected chi connectivity index (χ0v) is 19.6. The molecule has 1 aliphatic heterocycles. The van der Waals surface area contributed by atoms with Crippen molar-refractivity contribution in [3.63, 3.8) is 0 Å². The molecule has 2 fully saturated rings. The molecule has 35 heavy (non-hydrogen) atoms. The molecule has 0 bridgehead atoms. The first-order valence-corrected chi connectivity index (χ1v) is 12.2. The lowest BCUT2D eigenvalue weighted by Gasteiger charge is -2.26. The van der Waals surface area contributed by atoms with Crippen molar-refractivity contribution in [1.82, 2.24) is 28.6 Å². The van der Waals surface area contributed by atoms with E-state index in [2.05, 4.69) is 9.55 Å². The van der Waals surface area contributed by atoms with E-state index in [9.17, 15) is 9.59 Å². The molecule has 0 unspecified atom stereocenters. The fourth-order valence-electron chi connectivity index (χ4n) is 5.03. The maximum Gasteiger partial charge on any atom is 0.329 e. The second kappa shape index (κ2) is 9.00. The zero-order valence-electron chi connectivity index (χ0n) is 19.6. The van der Waals surface area contributed by atoms with Crippen LogP contribution in [0.5, 0.6) is 0 Å². The van der Waals surface area contributed by atoms with Crippen molar-refractivity contribution in [3.8, 4) is 0 Å². The van der Waals surface area contributed by atoms with Gasteiger partial charge in [-0.15, -0.1) is 0 Å². The molecule has 2 radical (unpaired) electrons. The van der Waals surface area contributed by atoms with Gasteiger partial charge in [-0.3, -0.25) is 18.9 Å². The quantitative estimate of drug-likeness (QED) is 0.381. The summed E-state index contributed by atoms with van der Waals surface area (Å²) in [6, 6.07) is 7.85. The van der Waals surface area contributed by atoms with Crippen LogP contribution in [-0.4, -0.2) is 68.6 Å². The van der Waals surface area contributed by atoms with Crippen LogP contribution in [0.15, 0.2) is 41.5 Å². The normalized spacial score (nSPS) is 16.4. The molecule has 4 aromatic rings. The van der Waals surface area contributed by atoms with Gasteiger partial charge in [-0.25, -0.2) is 9.78 Å². The fraction of sp³-hybridized carbons (Fsp3) is 0.440. The summed E-state index contributed by atoms with van der Waals surface area (Å²) in [5.74, 6) is 0.920. The third-order valence-electron chi connectivity index (χ3n) is 6.96. The number of nitrogens with zero attached hydrogens (tertiary/aromatic N) is 6. The Morgan fingerprint density at radius 3 is 2.71 bits per heavy atom. The fourth-order valence-corrected chi connectivity index (χ4v) is 5.03. The molecule has 4 heterocycles. The molecular weight excluding hydrogens is 443 g/mol. The minimum absolute atomic E-state index is 0.0314. The summed E-state index contributed by atoms with van der Waals surface area (Å²) in [6.45, 7) is 3.45. The first-order chi connectivity index (χ1) is 17.1. The molecule has 9 nitrogen and oxygen atoms in total. The van der Waals surface area contributed by atoms with Gasteiger partial charge in [0, 0.05) is 38.3 Å². The van der Waals surface area contributed by atoms with Gasteiger partial charge in [-0.05, 0) is 37.5 Å². The Labute approximate surface area is 203 Å². The van der Waals surface area contributed by atoms with Gasteiger partial charge in [0.15, 0.2) is 0 Å². The summed E-state index contributed by atoms with van der Waals surface area (Å²) in [4.78, 5) is 37.1. The lowest BCUT2D eigenvalue weighted by Crippen LogP contribution is -2.40. The van der Waals surface area contributed by atoms with Gasteiger partial charge in [-0.1, -0.05) is 11.5 Å². The Morgan fingerprint density at radius 1 is 1.09 bits per heavy atom. The number of amides is 1. The average Bonchev–Trinajstić information content (AvgIpc) is 3.60. The minimum Gasteiger partial charge on any atom is -0.378 e. The summed E-state index contributed by atoms with van der Waals surface area (Å²) in [6.07, 6.45) is 6.67. The van der Waals surface area contributed by atoms with Crippen molar-refractivity contribution in [1.29, 1.82) is 0 Å². The van der Waals surface area contributed by atoms with Gasteiger partial charge in [0.05, 0.1) is 48.0 Å². The number of rotatable bonds is 7. The lowest BCUT2D eigenvalue weighted by atomic mass is 9.96. The monoisotopic (exact) mass is 470 g/mol. The van der Waals surface area contributed by atoms with Crippen LogP contribution in [0.3, 0.4) is 0 Å². The molecule has 3 aromatic heterocycles. The zero-order chi connectivity index (χ0) is 23.9. The van der Waals surface area contributed by atoms with E-state index in [1.54, 1.807) is 17.0 Å². The highest BCUT2D eigenvalue weighted by Crippen LogP contribution is 2.36. The van der Waals surface area contributed by atoms with Gasteiger partial charge in [-0.2, -0.15) is 0 Å². The topological polar surface area (TPSA) is 87.2 Å². The number of aryl methyl sites for hydroxylation is 1. The number of benzene rings is 1. The number of ether oxygens (including phenoxy) is 1. The second-order valence-corrected chi connectivity index (χ2v) is 9.36. The smallest absolute Gasteiger partial charge is 0.329 e. The predicted octanol–water partition coefficient (Wildman–Crippen LogP) is 1.36. The van der Waals surface area contributed by atoms with Crippen molar-refractivity contribution >= 4 is 41.3 Å². The SMILES string of the molecule is [B]c1ccc2c(c1)nc(Cn1c(=O)n(C3CC3)c3ccncc31)n2CCCC(=O)N1CCOCC1. The van der Waals surface area contributed by atoms with E-state index in [1.807, 2.05) is 33.7 Å². The molecule has 1 aromatic carbocycles. The maximum atomic E-state index is 13.4. The van der Waals surface area contributed by atoms with Gasteiger partial charge >= 0.3 is 5.69 Å². The van der Waals surface area contributed by atoms with Crippen LogP contribution in [0.2, 0.25) is 0 Å². The Balaban J connectivity index is 1.32. The molecule has 0 atom stereocenters. The summed E-state index contributed by atoms with van der Waals surface area (Å²) in [5.41, 5.74) is 4.07. The largest absolute Gasteiger partial charge is 0.378 e. The summed E-state index contributed by atoms with van der Waals surface area (Å²) in [7, 11) is 6.02. The highest BCUT2D eigenvalue weighted by molar-refractivity contribution is 6.33. The summed E-state index contributed by atoms with van der Waals surface area (Å²) in [5, 5.41) is 0. The maximum absolute atomic E-state index is 13.4. The molecule has 0 N–H and O–H groups in total. The van der Waals surface area contributed by atoms with Crippen molar-refractivity contribution < 1.29 is 9.53 Å². The molecule has 0 spiro atoms. The Kier molecular flexibility index (Phi) is 5.68. The number of hydrogen-bond acceptors (Lipinski definition) is 5. The van der Waals surface area contributed by atoms with E-state index in [0.717, 1.165) is 40.7 Å². The third-order valence-corrected chi connectivity index (χ3v) is 6.96. The second-order valence-electron chi connectivity index (χ2n) is 9.36. The standard InChI is InChI=1S/C25H27BN6O3/c26-17-3-6-20-19(14-17)28-23(30(20)9-1-2-24(33)29-10-12-35-13-11-29)16-31-22-15-27-8-7-21(22)32(25(31)34)18-4-5-18/h3,6-8,14-15,18H,1-2,4-5,9-13,16H2. The number of carbonyl (C=O) groups is 1. The van der Waals surface area contributed by atoms with Gasteiger partial charge < -0.3 is 14.2 Å². The van der Waals surface area contributed by atoms with E-state index in [4.69, 9.17) is 17.6 Å². The number of aromatic nitrogens is 5. The lowest BCUT2D eigenvalue weighted by molar-refractivity contribution is -0.135. The van der Waals surface area contributed by atoms with Crippen molar-refractivity contribution in [3.05, 3.63) is 53.0 Å². The number of hydrogen-bond donors (Lipinski definition) is 0. The number of fused-ring (bicyclic) bond motifs is 2. The van der Waals surface area contributed by atoms with E-state index >= 15 is 0 Å². The molecule has 1 amide bonds. The molecule has 1 saturated carbocycles. The van der Waals surface area contributed by atoms with Gasteiger partial charge in [0.25, 0.3) is 0 Å². The van der Waals surface area contributed by atoms with Crippen LogP contribution < -0.4 is 11.2 Å². The van der Waals surface area contributed by atoms with Gasteiger partial charge in [0.2, 0.25) is 5.91 Å². The molecule has 178 valence electrons. The summed E-state index contributed by atoms with van der Waals surface area (Å²) < 4.78 is 11.1. The van der Waals surface area contributed by atoms with Crippen LogP contribution in [-0.2, 0) is 22.6 Å². The number of pyridine rings is 1. The average molecular weight is 470 g/mol. The molecule has 1 saturated heterocycles. The molecule has 1 aliphatic carbocycles. The number of morpholine rings is 1. The van der Waals surface area contributed by atoms with E-state index in [1.165, 1.54) is 0 Å². The number of imidazole rings is 2. The van der Waals surface area contributed by atoms with E-state index in [0.29, 0.717) is 57.7 Å². The molecular formula is C25H27BN6O3. The van der Waals surface area contributed by atoms with Crippen LogP contribution in [0.4, 0.5) is 0 Å². The van der Waals surface area contributed by atoms with Crippen molar-refractivity contribution in [2.75, 3.05) is 26.3 Å². The first kappa shape index (κ1) is 22.1. The Morgan fingerprint density at radius 2 is 1.91 bits per heavy atom. The van der Waals surface area contributed by atoms with Crippen LogP contribution in [0, 0.1) is 0 Å². The predicted molar refractivity (Wildman–Crippen MR) is 133 cm³/mol. The van der Waals surface area contributed by atoms with Crippen LogP contribution in [0.1, 0.15) is 37.5 Å². The summed E-state index contributed by atoms with van der Waals surface area (Å²) >= 11 is 0. The molecule has 6 rings (SSSR count). The minimum atomic E-state index is -0.0314. The first-order valence-electron chi connectivity index (χ1n) is 12.2. The Hall–Kier alpha value is -3.40. The van der Waals surface area contributed by atoms with Crippen LogP contribution in [0.25, 0.3) is 22.1 Å². The highest BCUT2D eigenvalue weighted by Gasteiger charge is 2.29. The number of carbonyl (C=O) groups excluding carboxylic acids is 1. The third kappa shape index (κ3) is 4.16. The van der Waals surface area contributed by atoms with E-state index < -0.39 is 0 Å². The van der Waals surface area contributed by atoms with E-state index in [-0.39, 0.29) is 17.6 Å². The molecule has 2 aliphatic rings. The van der Waals surface area contributed by atoms with Gasteiger partial charge in [0.1, 0.15) is 13.7 Å². The van der Waals surface area contributed by atoms with Crippen LogP contribution >= 0.6 is 0 Å². The Bertz CT molecular complexity index is 1460. The highest BCUT2D eigenvalue weighted by atomic mass is 16.5.